The molecule has 2 saturated heterocycles. The number of aliphatic hydroxyl groups is 1. The van der Waals surface area contributed by atoms with Crippen LogP contribution in [0.4, 0.5) is 0 Å². The predicted molar refractivity (Wildman–Crippen MR) is 146 cm³/mol. The molecule has 8 nitrogen and oxygen atoms in total. The van der Waals surface area contributed by atoms with Gasteiger partial charge in [0, 0.05) is 31.7 Å². The van der Waals surface area contributed by atoms with Gasteiger partial charge in [-0.25, -0.2) is 0 Å². The van der Waals surface area contributed by atoms with Crippen molar-refractivity contribution < 1.29 is 28.6 Å². The molecule has 204 valence electrons. The fourth-order valence-corrected chi connectivity index (χ4v) is 5.09. The van der Waals surface area contributed by atoms with Gasteiger partial charge in [0.2, 0.25) is 0 Å². The van der Waals surface area contributed by atoms with E-state index in [0.29, 0.717) is 55.6 Å². The van der Waals surface area contributed by atoms with Crippen molar-refractivity contribution in [2.45, 2.75) is 32.9 Å². The van der Waals surface area contributed by atoms with Crippen LogP contribution in [0.1, 0.15) is 40.7 Å². The highest BCUT2D eigenvalue weighted by Gasteiger charge is 2.47. The molecule has 0 saturated carbocycles. The van der Waals surface area contributed by atoms with Crippen LogP contribution in [0.3, 0.4) is 0 Å². The minimum Gasteiger partial charge on any atom is -0.507 e. The lowest BCUT2D eigenvalue weighted by Gasteiger charge is -2.28. The number of morpholine rings is 1. The van der Waals surface area contributed by atoms with E-state index in [1.54, 1.807) is 36.4 Å². The van der Waals surface area contributed by atoms with Gasteiger partial charge in [0.15, 0.2) is 0 Å². The van der Waals surface area contributed by atoms with Crippen LogP contribution in [0.2, 0.25) is 0 Å². The Morgan fingerprint density at radius 3 is 2.41 bits per heavy atom. The summed E-state index contributed by atoms with van der Waals surface area (Å²) in [5.41, 5.74) is 2.70. The third-order valence-electron chi connectivity index (χ3n) is 7.33. The van der Waals surface area contributed by atoms with Crippen molar-refractivity contribution >= 4 is 17.4 Å². The molecule has 39 heavy (non-hydrogen) atoms. The first-order valence-corrected chi connectivity index (χ1v) is 13.3. The van der Waals surface area contributed by atoms with Gasteiger partial charge in [-0.1, -0.05) is 24.3 Å². The molecular weight excluding hydrogens is 496 g/mol. The van der Waals surface area contributed by atoms with Crippen LogP contribution in [0.25, 0.3) is 5.76 Å². The summed E-state index contributed by atoms with van der Waals surface area (Å²) in [6.07, 6.45) is 0.691. The van der Waals surface area contributed by atoms with E-state index in [1.807, 2.05) is 38.1 Å². The number of hydrogen-bond acceptors (Lipinski definition) is 7. The number of ketones is 1. The molecule has 1 atom stereocenters. The molecular formula is C31H34N2O6. The van der Waals surface area contributed by atoms with Gasteiger partial charge in [0.05, 0.1) is 18.8 Å². The zero-order valence-corrected chi connectivity index (χ0v) is 22.4. The van der Waals surface area contributed by atoms with Crippen LogP contribution in [-0.2, 0) is 20.9 Å². The van der Waals surface area contributed by atoms with Gasteiger partial charge in [0.1, 0.15) is 35.7 Å². The quantitative estimate of drug-likeness (QED) is 0.245. The van der Waals surface area contributed by atoms with Gasteiger partial charge in [-0.15, -0.1) is 0 Å². The summed E-state index contributed by atoms with van der Waals surface area (Å²) in [6.45, 7) is 8.53. The molecule has 0 radical (unpaired) electrons. The minimum atomic E-state index is -0.791. The van der Waals surface area contributed by atoms with E-state index in [4.69, 9.17) is 13.9 Å². The molecule has 2 aliphatic heterocycles. The highest BCUT2D eigenvalue weighted by Crippen LogP contribution is 2.40. The molecule has 1 N–H and O–H groups in total. The monoisotopic (exact) mass is 530 g/mol. The molecule has 3 aromatic rings. The number of aryl methyl sites for hydroxylation is 2. The number of aliphatic hydroxyl groups excluding tert-OH is 1. The number of benzene rings is 2. The number of ether oxygens (including phenoxy) is 2. The zero-order valence-electron chi connectivity index (χ0n) is 22.4. The summed E-state index contributed by atoms with van der Waals surface area (Å²) in [4.78, 5) is 30.2. The summed E-state index contributed by atoms with van der Waals surface area (Å²) in [5, 5.41) is 11.3. The molecule has 8 heteroatoms. The minimum absolute atomic E-state index is 0.0364. The molecule has 3 heterocycles. The standard InChI is InChI=1S/C31H34N2O6/c1-21-6-3-4-7-24(21)20-38-25-11-9-23(10-12-25)29(34)27-28(26-13-8-22(2)39-26)33(31(36)30(27)35)15-5-14-32-16-18-37-19-17-32/h3-4,6-13,28,34H,5,14-20H2,1-2H3/t28-/m0/s1. The van der Waals surface area contributed by atoms with Gasteiger partial charge in [-0.05, 0) is 67.8 Å². The second-order valence-electron chi connectivity index (χ2n) is 9.99. The van der Waals surface area contributed by atoms with Gasteiger partial charge in [-0.3, -0.25) is 14.5 Å². The second kappa shape index (κ2) is 11.9. The molecule has 2 fully saturated rings. The number of carbonyl (C=O) groups excluding carboxylic acids is 2. The Morgan fingerprint density at radius 1 is 0.974 bits per heavy atom. The van der Waals surface area contributed by atoms with Crippen molar-refractivity contribution in [2.24, 2.45) is 0 Å². The molecule has 5 rings (SSSR count). The molecule has 1 aromatic heterocycles. The zero-order chi connectivity index (χ0) is 27.4. The lowest BCUT2D eigenvalue weighted by molar-refractivity contribution is -0.140. The molecule has 0 unspecified atom stereocenters. The number of rotatable bonds is 9. The van der Waals surface area contributed by atoms with Crippen molar-refractivity contribution in [3.63, 3.8) is 0 Å². The van der Waals surface area contributed by atoms with Gasteiger partial charge in [-0.2, -0.15) is 0 Å². The number of hydrogen-bond donors (Lipinski definition) is 1. The molecule has 0 aliphatic carbocycles. The predicted octanol–water partition coefficient (Wildman–Crippen LogP) is 4.62. The van der Waals surface area contributed by atoms with Crippen LogP contribution in [0.5, 0.6) is 5.75 Å². The van der Waals surface area contributed by atoms with Crippen LogP contribution < -0.4 is 4.74 Å². The molecule has 2 aliphatic rings. The summed E-state index contributed by atoms with van der Waals surface area (Å²) in [6, 6.07) is 17.7. The maximum absolute atomic E-state index is 13.2. The fourth-order valence-electron chi connectivity index (χ4n) is 5.09. The Labute approximate surface area is 228 Å². The Hall–Kier alpha value is -3.88. The Bertz CT molecular complexity index is 1350. The molecule has 0 spiro atoms. The number of likely N-dealkylation sites (tertiary alicyclic amines) is 1. The maximum Gasteiger partial charge on any atom is 0.295 e. The van der Waals surface area contributed by atoms with Crippen molar-refractivity contribution in [3.05, 3.63) is 94.4 Å². The summed E-state index contributed by atoms with van der Waals surface area (Å²) in [5.74, 6) is 0.190. The largest absolute Gasteiger partial charge is 0.507 e. The first kappa shape index (κ1) is 26.7. The Morgan fingerprint density at radius 2 is 1.72 bits per heavy atom. The number of nitrogens with zero attached hydrogens (tertiary/aromatic N) is 2. The number of furan rings is 1. The second-order valence-corrected chi connectivity index (χ2v) is 9.99. The van der Waals surface area contributed by atoms with E-state index in [1.165, 1.54) is 4.90 Å². The number of carbonyl (C=O) groups is 2. The molecule has 1 amide bonds. The smallest absolute Gasteiger partial charge is 0.295 e. The van der Waals surface area contributed by atoms with Crippen LogP contribution in [0.15, 0.2) is 70.7 Å². The number of Topliss-reactive ketones (excluding diaryl/α,β-unsaturated/α-hetero) is 1. The lowest BCUT2D eigenvalue weighted by atomic mass is 9.99. The third-order valence-corrected chi connectivity index (χ3v) is 7.33. The lowest BCUT2D eigenvalue weighted by Crippen LogP contribution is -2.38. The normalized spacial score (nSPS) is 19.5. The van der Waals surface area contributed by atoms with Crippen molar-refractivity contribution in [2.75, 3.05) is 39.4 Å². The molecule has 2 aromatic carbocycles. The average molecular weight is 531 g/mol. The fraction of sp³-hybridized carbons (Fsp3) is 0.355. The Kier molecular flexibility index (Phi) is 8.14. The summed E-state index contributed by atoms with van der Waals surface area (Å²) >= 11 is 0. The van der Waals surface area contributed by atoms with Crippen molar-refractivity contribution in [1.29, 1.82) is 0 Å². The highest BCUT2D eigenvalue weighted by molar-refractivity contribution is 6.46. The van der Waals surface area contributed by atoms with E-state index in [-0.39, 0.29) is 11.3 Å². The average Bonchev–Trinajstić information content (AvgIpc) is 3.49. The van der Waals surface area contributed by atoms with Crippen LogP contribution in [0, 0.1) is 13.8 Å². The van der Waals surface area contributed by atoms with E-state index < -0.39 is 17.7 Å². The van der Waals surface area contributed by atoms with E-state index >= 15 is 0 Å². The van der Waals surface area contributed by atoms with Gasteiger partial charge < -0.3 is 23.9 Å². The summed E-state index contributed by atoms with van der Waals surface area (Å²) < 4.78 is 17.2. The first-order chi connectivity index (χ1) is 18.9. The Balaban J connectivity index is 1.36. The van der Waals surface area contributed by atoms with Crippen molar-refractivity contribution in [1.82, 2.24) is 9.80 Å². The topological polar surface area (TPSA) is 92.5 Å². The SMILES string of the molecule is Cc1ccc([C@H]2C(=C(O)c3ccc(OCc4ccccc4C)cc3)C(=O)C(=O)N2CCCN2CCOCC2)o1. The third kappa shape index (κ3) is 5.92. The van der Waals surface area contributed by atoms with Crippen LogP contribution >= 0.6 is 0 Å². The van der Waals surface area contributed by atoms with Gasteiger partial charge >= 0.3 is 0 Å². The first-order valence-electron chi connectivity index (χ1n) is 13.3. The van der Waals surface area contributed by atoms with Gasteiger partial charge in [0.25, 0.3) is 11.7 Å². The highest BCUT2D eigenvalue weighted by atomic mass is 16.5. The van der Waals surface area contributed by atoms with Crippen LogP contribution in [-0.4, -0.2) is 66.0 Å². The van der Waals surface area contributed by atoms with Crippen molar-refractivity contribution in [3.8, 4) is 5.75 Å². The van der Waals surface area contributed by atoms with E-state index in [9.17, 15) is 14.7 Å². The molecule has 0 bridgehead atoms. The van der Waals surface area contributed by atoms with E-state index in [0.717, 1.165) is 30.8 Å². The van der Waals surface area contributed by atoms with E-state index in [2.05, 4.69) is 4.90 Å². The maximum atomic E-state index is 13.2. The summed E-state index contributed by atoms with van der Waals surface area (Å²) in [7, 11) is 0. The number of amides is 1.